The molecule has 4 aromatic rings. The zero-order valence-electron chi connectivity index (χ0n) is 11.8. The molecule has 0 unspecified atom stereocenters. The first-order valence-corrected chi connectivity index (χ1v) is 7.07. The van der Waals surface area contributed by atoms with Gasteiger partial charge in [-0.25, -0.2) is 4.98 Å². The molecule has 0 radical (unpaired) electrons. The number of aromatic nitrogens is 1. The highest BCUT2D eigenvalue weighted by molar-refractivity contribution is 5.94. The maximum Gasteiger partial charge on any atom is 0.311 e. The summed E-state index contributed by atoms with van der Waals surface area (Å²) in [6.07, 6.45) is 1.60. The Bertz CT molecular complexity index is 908. The maximum absolute atomic E-state index is 5.75. The molecule has 0 aliphatic carbocycles. The van der Waals surface area contributed by atoms with Crippen molar-refractivity contribution in [2.75, 3.05) is 0 Å². The fourth-order valence-corrected chi connectivity index (χ4v) is 2.45. The van der Waals surface area contributed by atoms with Crippen molar-refractivity contribution in [2.24, 2.45) is 0 Å². The van der Waals surface area contributed by atoms with Gasteiger partial charge in [0.1, 0.15) is 11.9 Å². The van der Waals surface area contributed by atoms with Crippen LogP contribution < -0.4 is 4.74 Å². The Balaban J connectivity index is 1.71. The summed E-state index contributed by atoms with van der Waals surface area (Å²) in [6.45, 7) is 0. The number of para-hydroxylation sites is 1. The van der Waals surface area contributed by atoms with Crippen molar-refractivity contribution in [3.63, 3.8) is 0 Å². The van der Waals surface area contributed by atoms with Gasteiger partial charge in [-0.1, -0.05) is 54.6 Å². The molecule has 0 saturated carbocycles. The van der Waals surface area contributed by atoms with Crippen LogP contribution in [0.4, 0.5) is 0 Å². The summed E-state index contributed by atoms with van der Waals surface area (Å²) in [6, 6.07) is 23.8. The molecule has 0 spiro atoms. The summed E-state index contributed by atoms with van der Waals surface area (Å²) in [4.78, 5) is 4.34. The Labute approximate surface area is 127 Å². The molecule has 0 aliphatic rings. The molecule has 3 aromatic carbocycles. The van der Waals surface area contributed by atoms with Gasteiger partial charge < -0.3 is 9.15 Å². The van der Waals surface area contributed by atoms with E-state index in [0.29, 0.717) is 11.8 Å². The summed E-state index contributed by atoms with van der Waals surface area (Å²) in [5.74, 6) is 1.67. The lowest BCUT2D eigenvalue weighted by atomic mass is 10.0. The zero-order chi connectivity index (χ0) is 14.8. The SMILES string of the molecule is c1ccc(Oc2cnc(-c3cccc4ccccc34)o2)cc1. The van der Waals surface area contributed by atoms with E-state index >= 15 is 0 Å². The van der Waals surface area contributed by atoms with Crippen LogP contribution in [0.2, 0.25) is 0 Å². The summed E-state index contributed by atoms with van der Waals surface area (Å²) in [7, 11) is 0. The molecular formula is C19H13NO2. The third-order valence-corrected chi connectivity index (χ3v) is 3.47. The third kappa shape index (κ3) is 2.33. The Morgan fingerprint density at radius 3 is 2.45 bits per heavy atom. The zero-order valence-corrected chi connectivity index (χ0v) is 11.8. The second kappa shape index (κ2) is 5.37. The summed E-state index contributed by atoms with van der Waals surface area (Å²) in [5, 5.41) is 2.27. The van der Waals surface area contributed by atoms with Crippen LogP contribution in [0.1, 0.15) is 0 Å². The molecule has 4 rings (SSSR count). The van der Waals surface area contributed by atoms with E-state index < -0.39 is 0 Å². The molecule has 0 N–H and O–H groups in total. The largest absolute Gasteiger partial charge is 0.425 e. The van der Waals surface area contributed by atoms with E-state index in [1.165, 1.54) is 0 Å². The number of rotatable bonds is 3. The van der Waals surface area contributed by atoms with Crippen LogP contribution in [0.3, 0.4) is 0 Å². The fraction of sp³-hybridized carbons (Fsp3) is 0. The van der Waals surface area contributed by atoms with Gasteiger partial charge in [-0.3, -0.25) is 0 Å². The van der Waals surface area contributed by atoms with Crippen LogP contribution >= 0.6 is 0 Å². The summed E-state index contributed by atoms with van der Waals surface area (Å²) in [5.41, 5.74) is 0.959. The molecule has 0 saturated heterocycles. The molecule has 0 atom stereocenters. The number of hydrogen-bond acceptors (Lipinski definition) is 3. The predicted molar refractivity (Wildman–Crippen MR) is 86.0 cm³/mol. The first-order valence-electron chi connectivity index (χ1n) is 7.07. The monoisotopic (exact) mass is 287 g/mol. The van der Waals surface area contributed by atoms with Gasteiger partial charge in [-0.15, -0.1) is 0 Å². The minimum absolute atomic E-state index is 0.383. The van der Waals surface area contributed by atoms with Gasteiger partial charge in [-0.05, 0) is 29.0 Å². The van der Waals surface area contributed by atoms with E-state index in [0.717, 1.165) is 22.1 Å². The average molecular weight is 287 g/mol. The highest BCUT2D eigenvalue weighted by Gasteiger charge is 2.11. The smallest absolute Gasteiger partial charge is 0.311 e. The van der Waals surface area contributed by atoms with Crippen LogP contribution in [0.25, 0.3) is 22.2 Å². The summed E-state index contributed by atoms with van der Waals surface area (Å²) >= 11 is 0. The number of oxazole rings is 1. The van der Waals surface area contributed by atoms with Crippen molar-refractivity contribution in [3.8, 4) is 23.1 Å². The quantitative estimate of drug-likeness (QED) is 0.513. The third-order valence-electron chi connectivity index (χ3n) is 3.47. The van der Waals surface area contributed by atoms with E-state index in [-0.39, 0.29) is 0 Å². The number of nitrogens with zero attached hydrogens (tertiary/aromatic N) is 1. The number of fused-ring (bicyclic) bond motifs is 1. The number of ether oxygens (including phenoxy) is 1. The van der Waals surface area contributed by atoms with Gasteiger partial charge in [0, 0.05) is 5.56 Å². The molecule has 1 aromatic heterocycles. The van der Waals surface area contributed by atoms with Crippen LogP contribution in [-0.4, -0.2) is 4.98 Å². The van der Waals surface area contributed by atoms with Crippen molar-refractivity contribution in [1.29, 1.82) is 0 Å². The second-order valence-corrected chi connectivity index (χ2v) is 4.93. The molecular weight excluding hydrogens is 274 g/mol. The topological polar surface area (TPSA) is 35.3 Å². The molecule has 0 fully saturated rings. The minimum Gasteiger partial charge on any atom is -0.425 e. The predicted octanol–water partition coefficient (Wildman–Crippen LogP) is 5.29. The molecule has 0 aliphatic heterocycles. The fourth-order valence-electron chi connectivity index (χ4n) is 2.45. The molecule has 3 nitrogen and oxygen atoms in total. The van der Waals surface area contributed by atoms with E-state index in [1.54, 1.807) is 6.20 Å². The van der Waals surface area contributed by atoms with E-state index in [1.807, 2.05) is 54.6 Å². The molecule has 106 valence electrons. The normalized spacial score (nSPS) is 10.7. The van der Waals surface area contributed by atoms with Gasteiger partial charge in [0.05, 0.1) is 0 Å². The molecule has 3 heteroatoms. The van der Waals surface area contributed by atoms with Crippen LogP contribution in [0.5, 0.6) is 11.7 Å². The lowest BCUT2D eigenvalue weighted by molar-refractivity contribution is 0.351. The van der Waals surface area contributed by atoms with E-state index in [4.69, 9.17) is 9.15 Å². The van der Waals surface area contributed by atoms with Crippen molar-refractivity contribution in [3.05, 3.63) is 79.0 Å². The Morgan fingerprint density at radius 1 is 0.773 bits per heavy atom. The first-order chi connectivity index (χ1) is 10.9. The highest BCUT2D eigenvalue weighted by Crippen LogP contribution is 2.31. The lowest BCUT2D eigenvalue weighted by Crippen LogP contribution is -1.81. The highest BCUT2D eigenvalue weighted by atomic mass is 16.6. The second-order valence-electron chi connectivity index (χ2n) is 4.93. The van der Waals surface area contributed by atoms with Crippen molar-refractivity contribution in [1.82, 2.24) is 4.98 Å². The van der Waals surface area contributed by atoms with E-state index in [9.17, 15) is 0 Å². The average Bonchev–Trinajstić information content (AvgIpc) is 3.03. The Kier molecular flexibility index (Phi) is 3.09. The van der Waals surface area contributed by atoms with Crippen LogP contribution in [0.15, 0.2) is 83.4 Å². The number of benzene rings is 3. The van der Waals surface area contributed by atoms with Gasteiger partial charge in [0.2, 0.25) is 5.89 Å². The Morgan fingerprint density at radius 2 is 1.55 bits per heavy atom. The van der Waals surface area contributed by atoms with Crippen LogP contribution in [-0.2, 0) is 0 Å². The van der Waals surface area contributed by atoms with E-state index in [2.05, 4.69) is 23.2 Å². The Hall–Kier alpha value is -3.07. The molecule has 22 heavy (non-hydrogen) atoms. The van der Waals surface area contributed by atoms with Crippen molar-refractivity contribution < 1.29 is 9.15 Å². The van der Waals surface area contributed by atoms with Gasteiger partial charge in [0.15, 0.2) is 0 Å². The molecule has 1 heterocycles. The lowest BCUT2D eigenvalue weighted by Gasteiger charge is -2.03. The van der Waals surface area contributed by atoms with Crippen LogP contribution in [0, 0.1) is 0 Å². The van der Waals surface area contributed by atoms with Crippen molar-refractivity contribution in [2.45, 2.75) is 0 Å². The number of hydrogen-bond donors (Lipinski definition) is 0. The first kappa shape index (κ1) is 12.7. The van der Waals surface area contributed by atoms with Gasteiger partial charge in [-0.2, -0.15) is 0 Å². The summed E-state index contributed by atoms with van der Waals surface area (Å²) < 4.78 is 11.4. The molecule has 0 amide bonds. The standard InChI is InChI=1S/C19H13NO2/c1-2-9-15(10-3-1)21-18-13-20-19(22-18)17-12-6-8-14-7-4-5-11-16(14)17/h1-13H. The van der Waals surface area contributed by atoms with Gasteiger partial charge in [0.25, 0.3) is 0 Å². The van der Waals surface area contributed by atoms with Crippen molar-refractivity contribution >= 4 is 10.8 Å². The maximum atomic E-state index is 5.75. The van der Waals surface area contributed by atoms with Gasteiger partial charge >= 0.3 is 5.95 Å². The minimum atomic E-state index is 0.383. The molecule has 0 bridgehead atoms.